The van der Waals surface area contributed by atoms with Crippen molar-refractivity contribution in [3.8, 4) is 17.6 Å². The second-order valence-electron chi connectivity index (χ2n) is 5.00. The van der Waals surface area contributed by atoms with Gasteiger partial charge in [-0.2, -0.15) is 10.4 Å². The molecule has 0 saturated heterocycles. The zero-order chi connectivity index (χ0) is 16.8. The largest absolute Gasteiger partial charge is 0.490 e. The summed E-state index contributed by atoms with van der Waals surface area (Å²) in [6.07, 6.45) is 0. The van der Waals surface area contributed by atoms with Crippen LogP contribution in [-0.4, -0.2) is 18.3 Å². The molecule has 1 atom stereocenters. The van der Waals surface area contributed by atoms with Crippen molar-refractivity contribution in [2.24, 2.45) is 5.10 Å². The zero-order valence-electron chi connectivity index (χ0n) is 13.2. The van der Waals surface area contributed by atoms with Crippen molar-refractivity contribution >= 4 is 16.8 Å². The van der Waals surface area contributed by atoms with E-state index < -0.39 is 0 Å². The fraction of sp³-hybridized carbons (Fsp3) is 0.222. The first-order valence-corrected chi connectivity index (χ1v) is 8.51. The van der Waals surface area contributed by atoms with Crippen LogP contribution in [0.25, 0.3) is 0 Å². The fourth-order valence-corrected chi connectivity index (χ4v) is 3.31. The molecule has 3 rings (SSSR count). The molecule has 0 amide bonds. The van der Waals surface area contributed by atoms with E-state index in [-0.39, 0.29) is 12.0 Å². The van der Waals surface area contributed by atoms with E-state index in [0.29, 0.717) is 18.1 Å². The lowest BCUT2D eigenvalue weighted by atomic mass is 10.2. The quantitative estimate of drug-likeness (QED) is 0.869. The van der Waals surface area contributed by atoms with Crippen molar-refractivity contribution < 1.29 is 9.47 Å². The maximum atomic E-state index is 8.67. The lowest BCUT2D eigenvalue weighted by molar-refractivity contribution is 0.298. The second-order valence-corrected chi connectivity index (χ2v) is 6.09. The Bertz CT molecular complexity index is 772. The first kappa shape index (κ1) is 16.2. The average Bonchev–Trinajstić information content (AvgIpc) is 3.12. The van der Waals surface area contributed by atoms with E-state index in [4.69, 9.17) is 14.7 Å². The lowest BCUT2D eigenvalue weighted by Crippen LogP contribution is -2.07. The Morgan fingerprint density at radius 1 is 1.17 bits per heavy atom. The molecule has 24 heavy (non-hydrogen) atoms. The molecule has 1 heterocycles. The molecule has 1 aliphatic rings. The number of nitriles is 1. The molecule has 1 N–H and O–H groups in total. The Balaban J connectivity index is 1.76. The minimum Gasteiger partial charge on any atom is -0.490 e. The van der Waals surface area contributed by atoms with Crippen LogP contribution >= 0.6 is 11.8 Å². The van der Waals surface area contributed by atoms with Crippen molar-refractivity contribution in [3.05, 3.63) is 59.7 Å². The third-order valence-corrected chi connectivity index (χ3v) is 4.56. The molecule has 0 aromatic heterocycles. The van der Waals surface area contributed by atoms with Gasteiger partial charge in [0.25, 0.3) is 0 Å². The van der Waals surface area contributed by atoms with Gasteiger partial charge in [-0.15, -0.1) is 0 Å². The number of nitrogens with zero attached hydrogens (tertiary/aromatic N) is 2. The average molecular weight is 339 g/mol. The van der Waals surface area contributed by atoms with E-state index in [1.807, 2.05) is 61.5 Å². The van der Waals surface area contributed by atoms with Crippen LogP contribution in [0.5, 0.6) is 11.5 Å². The van der Waals surface area contributed by atoms with Crippen LogP contribution < -0.4 is 14.9 Å². The molecule has 2 aromatic rings. The third-order valence-electron chi connectivity index (χ3n) is 3.40. The summed E-state index contributed by atoms with van der Waals surface area (Å²) in [5.74, 6) is 1.22. The first-order chi connectivity index (χ1) is 11.8. The molecule has 0 unspecified atom stereocenters. The van der Waals surface area contributed by atoms with Gasteiger partial charge < -0.3 is 9.47 Å². The smallest absolute Gasteiger partial charge is 0.174 e. The maximum absolute atomic E-state index is 8.67. The first-order valence-electron chi connectivity index (χ1n) is 7.63. The summed E-state index contributed by atoms with van der Waals surface area (Å²) in [5, 5.41) is 14.1. The van der Waals surface area contributed by atoms with Gasteiger partial charge in [0, 0.05) is 5.56 Å². The molecule has 1 aliphatic heterocycles. The van der Waals surface area contributed by atoms with E-state index in [9.17, 15) is 0 Å². The number of hydrogen-bond donors (Lipinski definition) is 1. The molecule has 122 valence electrons. The van der Waals surface area contributed by atoms with E-state index >= 15 is 0 Å². The van der Waals surface area contributed by atoms with Gasteiger partial charge in [0.1, 0.15) is 16.5 Å². The molecule has 0 radical (unpaired) electrons. The Kier molecular flexibility index (Phi) is 5.24. The van der Waals surface area contributed by atoms with Crippen LogP contribution in [-0.2, 0) is 0 Å². The van der Waals surface area contributed by atoms with Crippen LogP contribution in [0.3, 0.4) is 0 Å². The molecule has 5 nitrogen and oxygen atoms in total. The SMILES string of the molecule is CCOc1cc([C@H]2NN=C(c3ccccc3)S2)ccc1OCC#N. The van der Waals surface area contributed by atoms with Gasteiger partial charge >= 0.3 is 0 Å². The van der Waals surface area contributed by atoms with Crippen LogP contribution in [0.1, 0.15) is 23.4 Å². The molecule has 0 spiro atoms. The van der Waals surface area contributed by atoms with Gasteiger partial charge in [-0.3, -0.25) is 5.43 Å². The predicted octanol–water partition coefficient (Wildman–Crippen LogP) is 3.68. The summed E-state index contributed by atoms with van der Waals surface area (Å²) in [7, 11) is 0. The molecule has 0 saturated carbocycles. The molecular weight excluding hydrogens is 322 g/mol. The minimum absolute atomic E-state index is 0.00286. The normalized spacial score (nSPS) is 16.0. The number of nitrogens with one attached hydrogen (secondary N) is 1. The van der Waals surface area contributed by atoms with Crippen molar-refractivity contribution in [2.45, 2.75) is 12.3 Å². The minimum atomic E-state index is -0.00286. The lowest BCUT2D eigenvalue weighted by Gasteiger charge is -2.14. The van der Waals surface area contributed by atoms with Crippen LogP contribution in [0, 0.1) is 11.3 Å². The van der Waals surface area contributed by atoms with Crippen LogP contribution in [0.15, 0.2) is 53.6 Å². The molecule has 2 aromatic carbocycles. The van der Waals surface area contributed by atoms with E-state index in [1.54, 1.807) is 11.8 Å². The van der Waals surface area contributed by atoms with Crippen molar-refractivity contribution in [1.29, 1.82) is 5.26 Å². The standard InChI is InChI=1S/C18H17N3O2S/c1-2-22-16-12-14(8-9-15(16)23-11-10-19)18-21-20-17(24-18)13-6-4-3-5-7-13/h3-9,12,18,21H,2,11H2,1H3/t18-/m0/s1. The highest BCUT2D eigenvalue weighted by Gasteiger charge is 2.23. The molecule has 0 bridgehead atoms. The van der Waals surface area contributed by atoms with Crippen LogP contribution in [0.4, 0.5) is 0 Å². The van der Waals surface area contributed by atoms with Crippen molar-refractivity contribution in [3.63, 3.8) is 0 Å². The van der Waals surface area contributed by atoms with Gasteiger partial charge in [0.15, 0.2) is 18.1 Å². The Hall–Kier alpha value is -2.65. The highest BCUT2D eigenvalue weighted by Crippen LogP contribution is 2.38. The number of hydrazone groups is 1. The van der Waals surface area contributed by atoms with Gasteiger partial charge in [0.05, 0.1) is 6.61 Å². The van der Waals surface area contributed by atoms with E-state index in [0.717, 1.165) is 16.2 Å². The molecule has 6 heteroatoms. The molecule has 0 fully saturated rings. The van der Waals surface area contributed by atoms with Crippen molar-refractivity contribution in [2.75, 3.05) is 13.2 Å². The van der Waals surface area contributed by atoms with Gasteiger partial charge in [0.2, 0.25) is 0 Å². The van der Waals surface area contributed by atoms with Gasteiger partial charge in [-0.05, 0) is 24.6 Å². The number of hydrogen-bond acceptors (Lipinski definition) is 6. The number of rotatable bonds is 6. The summed E-state index contributed by atoms with van der Waals surface area (Å²) in [6, 6.07) is 17.8. The highest BCUT2D eigenvalue weighted by atomic mass is 32.2. The summed E-state index contributed by atoms with van der Waals surface area (Å²) in [4.78, 5) is 0. The highest BCUT2D eigenvalue weighted by molar-refractivity contribution is 8.14. The monoisotopic (exact) mass is 339 g/mol. The zero-order valence-corrected chi connectivity index (χ0v) is 14.0. The predicted molar refractivity (Wildman–Crippen MR) is 95.2 cm³/mol. The third kappa shape index (κ3) is 3.63. The van der Waals surface area contributed by atoms with Crippen LogP contribution in [0.2, 0.25) is 0 Å². The summed E-state index contributed by atoms with van der Waals surface area (Å²) in [5.41, 5.74) is 5.29. The fourth-order valence-electron chi connectivity index (χ4n) is 2.32. The summed E-state index contributed by atoms with van der Waals surface area (Å²) >= 11 is 1.66. The van der Waals surface area contributed by atoms with Gasteiger partial charge in [-0.25, -0.2) is 0 Å². The Labute approximate surface area is 145 Å². The number of ether oxygens (including phenoxy) is 2. The van der Waals surface area contributed by atoms with Gasteiger partial charge in [-0.1, -0.05) is 48.2 Å². The second kappa shape index (κ2) is 7.75. The summed E-state index contributed by atoms with van der Waals surface area (Å²) < 4.78 is 11.0. The topological polar surface area (TPSA) is 66.6 Å². The maximum Gasteiger partial charge on any atom is 0.174 e. The molecule has 0 aliphatic carbocycles. The molecular formula is C18H17N3O2S. The van der Waals surface area contributed by atoms with E-state index in [1.165, 1.54) is 0 Å². The van der Waals surface area contributed by atoms with Crippen molar-refractivity contribution in [1.82, 2.24) is 5.43 Å². The Morgan fingerprint density at radius 2 is 2.00 bits per heavy atom. The summed E-state index contributed by atoms with van der Waals surface area (Å²) in [6.45, 7) is 2.44. The Morgan fingerprint density at radius 3 is 2.75 bits per heavy atom. The van der Waals surface area contributed by atoms with E-state index in [2.05, 4.69) is 10.5 Å². The number of thioether (sulfide) groups is 1. The number of benzene rings is 2.